The number of hydrogen-bond acceptors (Lipinski definition) is 6. The zero-order chi connectivity index (χ0) is 19.8. The van der Waals surface area contributed by atoms with Gasteiger partial charge in [-0.05, 0) is 44.4 Å². The van der Waals surface area contributed by atoms with Crippen molar-refractivity contribution in [2.24, 2.45) is 0 Å². The summed E-state index contributed by atoms with van der Waals surface area (Å²) in [5.74, 6) is 1.03. The lowest BCUT2D eigenvalue weighted by molar-refractivity contribution is -0.132. The molecular weight excluding hydrogens is 374 g/mol. The third-order valence-corrected chi connectivity index (χ3v) is 6.13. The standard InChI is InChI=1S/C20H23N5O2S/c1-13-19(15(3)26)14(2)25(21-13)12-18(27)23-8-10-24(11-9-23)20-16-6-4-5-7-17(16)28-22-20/h4-7H,8-12H2,1-3H3. The summed E-state index contributed by atoms with van der Waals surface area (Å²) in [6.45, 7) is 8.18. The summed E-state index contributed by atoms with van der Waals surface area (Å²) >= 11 is 1.51. The van der Waals surface area contributed by atoms with Crippen LogP contribution in [-0.4, -0.2) is 56.9 Å². The Labute approximate surface area is 167 Å². The number of aryl methyl sites for hydroxylation is 1. The van der Waals surface area contributed by atoms with Crippen LogP contribution in [0, 0.1) is 13.8 Å². The smallest absolute Gasteiger partial charge is 0.244 e. The van der Waals surface area contributed by atoms with E-state index >= 15 is 0 Å². The Bertz CT molecular complexity index is 1050. The minimum Gasteiger partial charge on any atom is -0.352 e. The lowest BCUT2D eigenvalue weighted by atomic mass is 10.1. The van der Waals surface area contributed by atoms with Gasteiger partial charge in [-0.15, -0.1) is 0 Å². The molecule has 0 atom stereocenters. The van der Waals surface area contributed by atoms with Gasteiger partial charge in [0.05, 0.1) is 16.0 Å². The van der Waals surface area contributed by atoms with E-state index in [1.165, 1.54) is 28.5 Å². The van der Waals surface area contributed by atoms with Crippen LogP contribution in [-0.2, 0) is 11.3 Å². The number of Topliss-reactive ketones (excluding diaryl/α,β-unsaturated/α-hetero) is 1. The Hall–Kier alpha value is -2.74. The molecule has 0 spiro atoms. The van der Waals surface area contributed by atoms with E-state index in [1.807, 2.05) is 30.9 Å². The summed E-state index contributed by atoms with van der Waals surface area (Å²) in [5, 5.41) is 5.56. The molecule has 1 amide bonds. The van der Waals surface area contributed by atoms with Crippen molar-refractivity contribution in [3.05, 3.63) is 41.2 Å². The Balaban J connectivity index is 1.42. The van der Waals surface area contributed by atoms with Crippen molar-refractivity contribution in [1.29, 1.82) is 0 Å². The van der Waals surface area contributed by atoms with Crippen LogP contribution in [0.2, 0.25) is 0 Å². The minimum atomic E-state index is -0.0159. The Morgan fingerprint density at radius 1 is 1.11 bits per heavy atom. The molecule has 0 unspecified atom stereocenters. The van der Waals surface area contributed by atoms with E-state index in [-0.39, 0.29) is 18.2 Å². The summed E-state index contributed by atoms with van der Waals surface area (Å²) in [7, 11) is 0. The van der Waals surface area contributed by atoms with Crippen molar-refractivity contribution in [3.63, 3.8) is 0 Å². The first kappa shape index (κ1) is 18.6. The fourth-order valence-corrected chi connectivity index (χ4v) is 4.65. The SMILES string of the molecule is CC(=O)c1c(C)nn(CC(=O)N2CCN(c3nsc4ccccc34)CC2)c1C. The molecule has 1 aromatic carbocycles. The quantitative estimate of drug-likeness (QED) is 0.633. The summed E-state index contributed by atoms with van der Waals surface area (Å²) in [6.07, 6.45) is 0. The van der Waals surface area contributed by atoms with Crippen LogP contribution in [0.4, 0.5) is 5.82 Å². The third-order valence-electron chi connectivity index (χ3n) is 5.31. The van der Waals surface area contributed by atoms with Crippen molar-refractivity contribution in [1.82, 2.24) is 19.1 Å². The van der Waals surface area contributed by atoms with Crippen molar-refractivity contribution in [2.45, 2.75) is 27.3 Å². The monoisotopic (exact) mass is 397 g/mol. The molecule has 3 heterocycles. The van der Waals surface area contributed by atoms with Crippen molar-refractivity contribution in [3.8, 4) is 0 Å². The van der Waals surface area contributed by atoms with Crippen molar-refractivity contribution < 1.29 is 9.59 Å². The van der Waals surface area contributed by atoms with Gasteiger partial charge in [0.25, 0.3) is 0 Å². The largest absolute Gasteiger partial charge is 0.352 e. The van der Waals surface area contributed by atoms with Crippen LogP contribution < -0.4 is 4.90 Å². The van der Waals surface area contributed by atoms with Gasteiger partial charge in [-0.2, -0.15) is 9.47 Å². The summed E-state index contributed by atoms with van der Waals surface area (Å²) in [5.41, 5.74) is 2.05. The highest BCUT2D eigenvalue weighted by atomic mass is 32.1. The van der Waals surface area contributed by atoms with Gasteiger partial charge in [0.1, 0.15) is 12.4 Å². The molecule has 0 bridgehead atoms. The summed E-state index contributed by atoms with van der Waals surface area (Å²) in [6, 6.07) is 8.24. The molecule has 3 aromatic rings. The van der Waals surface area contributed by atoms with Gasteiger partial charge in [0, 0.05) is 37.3 Å². The van der Waals surface area contributed by atoms with E-state index in [4.69, 9.17) is 0 Å². The number of amides is 1. The number of aromatic nitrogens is 3. The second kappa shape index (κ2) is 7.35. The molecule has 0 saturated carbocycles. The Morgan fingerprint density at radius 2 is 1.82 bits per heavy atom. The average Bonchev–Trinajstić information content (AvgIpc) is 3.22. The number of hydrogen-bond donors (Lipinski definition) is 0. The van der Waals surface area contributed by atoms with Crippen LogP contribution in [0.5, 0.6) is 0 Å². The van der Waals surface area contributed by atoms with Gasteiger partial charge in [0.15, 0.2) is 5.78 Å². The maximum Gasteiger partial charge on any atom is 0.244 e. The average molecular weight is 398 g/mol. The lowest BCUT2D eigenvalue weighted by Crippen LogP contribution is -2.49. The van der Waals surface area contributed by atoms with Gasteiger partial charge < -0.3 is 9.80 Å². The molecular formula is C20H23N5O2S. The molecule has 1 saturated heterocycles. The molecule has 146 valence electrons. The predicted molar refractivity (Wildman–Crippen MR) is 110 cm³/mol. The number of rotatable bonds is 4. The van der Waals surface area contributed by atoms with Gasteiger partial charge >= 0.3 is 0 Å². The number of ketones is 1. The van der Waals surface area contributed by atoms with Gasteiger partial charge in [-0.25, -0.2) is 0 Å². The highest BCUT2D eigenvalue weighted by Gasteiger charge is 2.25. The molecule has 28 heavy (non-hydrogen) atoms. The van der Waals surface area contributed by atoms with E-state index in [1.54, 1.807) is 4.68 Å². The fraction of sp³-hybridized carbons (Fsp3) is 0.400. The number of carbonyl (C=O) groups is 2. The lowest BCUT2D eigenvalue weighted by Gasteiger charge is -2.35. The second-order valence-electron chi connectivity index (χ2n) is 7.13. The van der Waals surface area contributed by atoms with E-state index in [2.05, 4.69) is 26.5 Å². The second-order valence-corrected chi connectivity index (χ2v) is 7.93. The zero-order valence-corrected chi connectivity index (χ0v) is 17.1. The first-order valence-electron chi connectivity index (χ1n) is 9.38. The normalized spacial score (nSPS) is 14.7. The molecule has 0 aliphatic carbocycles. The van der Waals surface area contributed by atoms with Crippen LogP contribution in [0.25, 0.3) is 10.1 Å². The van der Waals surface area contributed by atoms with Crippen LogP contribution in [0.1, 0.15) is 28.7 Å². The maximum absolute atomic E-state index is 12.8. The molecule has 1 aliphatic heterocycles. The molecule has 7 nitrogen and oxygen atoms in total. The highest BCUT2D eigenvalue weighted by Crippen LogP contribution is 2.29. The number of piperazine rings is 1. The van der Waals surface area contributed by atoms with E-state index in [9.17, 15) is 9.59 Å². The van der Waals surface area contributed by atoms with E-state index in [0.29, 0.717) is 24.3 Å². The third kappa shape index (κ3) is 3.28. The van der Waals surface area contributed by atoms with Gasteiger partial charge in [0.2, 0.25) is 5.91 Å². The first-order chi connectivity index (χ1) is 13.5. The van der Waals surface area contributed by atoms with Crippen LogP contribution >= 0.6 is 11.5 Å². The number of fused-ring (bicyclic) bond motifs is 1. The Morgan fingerprint density at radius 3 is 2.50 bits per heavy atom. The number of benzene rings is 1. The van der Waals surface area contributed by atoms with Crippen LogP contribution in [0.15, 0.2) is 24.3 Å². The van der Waals surface area contributed by atoms with E-state index in [0.717, 1.165) is 24.6 Å². The number of carbonyl (C=O) groups excluding carboxylic acids is 2. The topological polar surface area (TPSA) is 71.3 Å². The maximum atomic E-state index is 12.8. The first-order valence-corrected chi connectivity index (χ1v) is 10.1. The Kier molecular flexibility index (Phi) is 4.89. The summed E-state index contributed by atoms with van der Waals surface area (Å²) < 4.78 is 7.45. The van der Waals surface area contributed by atoms with Crippen LogP contribution in [0.3, 0.4) is 0 Å². The molecule has 8 heteroatoms. The molecule has 0 radical (unpaired) electrons. The van der Waals surface area contributed by atoms with E-state index < -0.39 is 0 Å². The predicted octanol–water partition coefficient (Wildman–Crippen LogP) is 2.66. The molecule has 1 aliphatic rings. The van der Waals surface area contributed by atoms with Crippen molar-refractivity contribution in [2.75, 3.05) is 31.1 Å². The zero-order valence-electron chi connectivity index (χ0n) is 16.3. The summed E-state index contributed by atoms with van der Waals surface area (Å²) in [4.78, 5) is 28.7. The van der Waals surface area contributed by atoms with Crippen molar-refractivity contribution >= 4 is 39.1 Å². The van der Waals surface area contributed by atoms with Gasteiger partial charge in [-0.1, -0.05) is 12.1 Å². The molecule has 1 fully saturated rings. The number of anilines is 1. The highest BCUT2D eigenvalue weighted by molar-refractivity contribution is 7.13. The fourth-order valence-electron chi connectivity index (χ4n) is 3.86. The van der Waals surface area contributed by atoms with Gasteiger partial charge in [-0.3, -0.25) is 14.3 Å². The molecule has 2 aromatic heterocycles. The molecule has 4 rings (SSSR count). The number of nitrogens with zero attached hydrogens (tertiary/aromatic N) is 5. The minimum absolute atomic E-state index is 0.0159. The molecule has 0 N–H and O–H groups in total.